The van der Waals surface area contributed by atoms with E-state index in [-0.39, 0.29) is 5.78 Å². The molecule has 3 nitrogen and oxygen atoms in total. The van der Waals surface area contributed by atoms with Crippen molar-refractivity contribution in [3.05, 3.63) is 40.4 Å². The van der Waals surface area contributed by atoms with Crippen molar-refractivity contribution in [2.24, 2.45) is 0 Å². The first-order valence-corrected chi connectivity index (χ1v) is 10.1. The number of carbonyl (C=O) groups excluding carboxylic acids is 1. The molecule has 0 spiro atoms. The summed E-state index contributed by atoms with van der Waals surface area (Å²) in [5.41, 5.74) is 0.881. The first-order chi connectivity index (χ1) is 12.2. The average molecular weight is 373 g/mol. The molecular weight excluding hydrogens is 352 g/mol. The molecule has 1 aliphatic heterocycles. The number of unbranched alkanes of at least 4 members (excludes halogenated alkanes) is 1. The number of Topliss-reactive ketones (excluding diaryl/α,β-unsaturated/α-hetero) is 1. The highest BCUT2D eigenvalue weighted by atomic mass is 35.5. The van der Waals surface area contributed by atoms with Gasteiger partial charge in [0, 0.05) is 21.9 Å². The second-order valence-corrected chi connectivity index (χ2v) is 8.11. The summed E-state index contributed by atoms with van der Waals surface area (Å²) in [6.07, 6.45) is 5.31. The smallest absolute Gasteiger partial charge is 0.172 e. The minimum absolute atomic E-state index is 0.225. The Morgan fingerprint density at radius 3 is 2.80 bits per heavy atom. The number of aromatic nitrogens is 1. The van der Waals surface area contributed by atoms with Gasteiger partial charge in [-0.25, -0.2) is 4.98 Å². The minimum atomic E-state index is 0.225. The first-order valence-electron chi connectivity index (χ1n) is 8.96. The largest absolute Gasteiger partial charge is 0.303 e. The highest BCUT2D eigenvalue weighted by Gasteiger charge is 2.16. The van der Waals surface area contributed by atoms with Crippen LogP contribution in [-0.2, 0) is 0 Å². The Balaban J connectivity index is 1.48. The van der Waals surface area contributed by atoms with Crippen molar-refractivity contribution in [2.75, 3.05) is 19.6 Å². The van der Waals surface area contributed by atoms with Gasteiger partial charge < -0.3 is 4.90 Å². The third-order valence-electron chi connectivity index (χ3n) is 4.92. The Labute approximate surface area is 156 Å². The lowest BCUT2D eigenvalue weighted by Crippen LogP contribution is -2.20. The number of likely N-dealkylation sites (tertiary alicyclic amines) is 1. The second kappa shape index (κ2) is 7.40. The molecule has 0 saturated carbocycles. The van der Waals surface area contributed by atoms with Gasteiger partial charge in [0.2, 0.25) is 0 Å². The van der Waals surface area contributed by atoms with Crippen LogP contribution in [0.5, 0.6) is 0 Å². The van der Waals surface area contributed by atoms with Crippen molar-refractivity contribution in [1.82, 2.24) is 9.88 Å². The molecule has 4 rings (SSSR count). The van der Waals surface area contributed by atoms with E-state index in [1.54, 1.807) is 11.3 Å². The third kappa shape index (κ3) is 3.57. The molecule has 130 valence electrons. The number of rotatable bonds is 6. The van der Waals surface area contributed by atoms with E-state index < -0.39 is 0 Å². The van der Waals surface area contributed by atoms with Crippen LogP contribution in [0, 0.1) is 0 Å². The highest BCUT2D eigenvalue weighted by molar-refractivity contribution is 7.21. The van der Waals surface area contributed by atoms with E-state index in [9.17, 15) is 4.79 Å². The van der Waals surface area contributed by atoms with Crippen LogP contribution in [0.2, 0.25) is 5.15 Å². The topological polar surface area (TPSA) is 33.2 Å². The number of hydrogen-bond acceptors (Lipinski definition) is 4. The van der Waals surface area contributed by atoms with Gasteiger partial charge in [-0.1, -0.05) is 29.8 Å². The monoisotopic (exact) mass is 372 g/mol. The van der Waals surface area contributed by atoms with Crippen LogP contribution in [0.15, 0.2) is 30.3 Å². The predicted molar refractivity (Wildman–Crippen MR) is 106 cm³/mol. The van der Waals surface area contributed by atoms with Gasteiger partial charge in [-0.15, -0.1) is 11.3 Å². The standard InChI is InChI=1S/C20H21ClN2OS/c21-20-15-13-18(17(24)9-3-4-10-23-11-5-6-12-23)25-19(15)14-7-1-2-8-16(14)22-20/h1-2,7-8,13H,3-6,9-12H2. The molecule has 0 atom stereocenters. The lowest BCUT2D eigenvalue weighted by molar-refractivity contribution is 0.0982. The van der Waals surface area contributed by atoms with Gasteiger partial charge in [0.15, 0.2) is 5.78 Å². The number of ketones is 1. The fraction of sp³-hybridized carbons (Fsp3) is 0.400. The molecule has 0 aliphatic carbocycles. The van der Waals surface area contributed by atoms with Crippen LogP contribution in [0.4, 0.5) is 0 Å². The van der Waals surface area contributed by atoms with Gasteiger partial charge >= 0.3 is 0 Å². The molecule has 1 aromatic carbocycles. The Hall–Kier alpha value is -1.49. The molecule has 2 aromatic heterocycles. The third-order valence-corrected chi connectivity index (χ3v) is 6.42. The Morgan fingerprint density at radius 1 is 1.16 bits per heavy atom. The zero-order valence-corrected chi connectivity index (χ0v) is 15.7. The van der Waals surface area contributed by atoms with Crippen molar-refractivity contribution >= 4 is 49.7 Å². The molecule has 5 heteroatoms. The van der Waals surface area contributed by atoms with Gasteiger partial charge in [-0.2, -0.15) is 0 Å². The number of para-hydroxylation sites is 1. The molecular formula is C20H21ClN2OS. The predicted octanol–water partition coefficient (Wildman–Crippen LogP) is 5.55. The summed E-state index contributed by atoms with van der Waals surface area (Å²) in [4.78, 5) is 20.3. The number of carbonyl (C=O) groups is 1. The van der Waals surface area contributed by atoms with Crippen LogP contribution in [0.25, 0.3) is 21.0 Å². The minimum Gasteiger partial charge on any atom is -0.303 e. The molecule has 1 saturated heterocycles. The van der Waals surface area contributed by atoms with Gasteiger partial charge in [0.25, 0.3) is 0 Å². The van der Waals surface area contributed by atoms with E-state index in [1.165, 1.54) is 25.9 Å². The number of hydrogen-bond donors (Lipinski definition) is 0. The Bertz CT molecular complexity index is 915. The van der Waals surface area contributed by atoms with Gasteiger partial charge in [-0.05, 0) is 57.5 Å². The first kappa shape index (κ1) is 17.0. The van der Waals surface area contributed by atoms with Crippen LogP contribution in [0.1, 0.15) is 41.8 Å². The maximum absolute atomic E-state index is 12.6. The van der Waals surface area contributed by atoms with Crippen LogP contribution < -0.4 is 0 Å². The fourth-order valence-electron chi connectivity index (χ4n) is 3.56. The summed E-state index contributed by atoms with van der Waals surface area (Å²) in [7, 11) is 0. The van der Waals surface area contributed by atoms with Crippen LogP contribution in [0.3, 0.4) is 0 Å². The van der Waals surface area contributed by atoms with E-state index in [4.69, 9.17) is 11.6 Å². The molecule has 25 heavy (non-hydrogen) atoms. The summed E-state index contributed by atoms with van der Waals surface area (Å²) in [5.74, 6) is 0.225. The maximum atomic E-state index is 12.6. The normalized spacial score (nSPS) is 15.4. The van der Waals surface area contributed by atoms with Crippen molar-refractivity contribution in [1.29, 1.82) is 0 Å². The highest BCUT2D eigenvalue weighted by Crippen LogP contribution is 2.36. The Kier molecular flexibility index (Phi) is 5.02. The van der Waals surface area contributed by atoms with E-state index in [0.29, 0.717) is 11.6 Å². The zero-order chi connectivity index (χ0) is 17.2. The van der Waals surface area contributed by atoms with E-state index in [1.807, 2.05) is 30.3 Å². The number of benzene rings is 1. The van der Waals surface area contributed by atoms with Gasteiger partial charge in [-0.3, -0.25) is 4.79 Å². The Morgan fingerprint density at radius 2 is 1.96 bits per heavy atom. The summed E-state index contributed by atoms with van der Waals surface area (Å²) in [5, 5.41) is 2.45. The zero-order valence-electron chi connectivity index (χ0n) is 14.1. The number of pyridine rings is 1. The molecule has 1 aliphatic rings. The summed E-state index contributed by atoms with van der Waals surface area (Å²) in [6.45, 7) is 3.58. The lowest BCUT2D eigenvalue weighted by Gasteiger charge is -2.13. The molecule has 3 heterocycles. The number of fused-ring (bicyclic) bond motifs is 3. The average Bonchev–Trinajstić information content (AvgIpc) is 3.29. The van der Waals surface area contributed by atoms with Crippen molar-refractivity contribution in [3.8, 4) is 0 Å². The van der Waals surface area contributed by atoms with Crippen molar-refractivity contribution < 1.29 is 4.79 Å². The van der Waals surface area contributed by atoms with Crippen LogP contribution in [-0.4, -0.2) is 35.3 Å². The molecule has 0 amide bonds. The molecule has 0 bridgehead atoms. The van der Waals surface area contributed by atoms with Gasteiger partial charge in [0.05, 0.1) is 10.4 Å². The van der Waals surface area contributed by atoms with E-state index in [2.05, 4.69) is 9.88 Å². The molecule has 1 fully saturated rings. The SMILES string of the molecule is O=C(CCCCN1CCCC1)c1cc2c(Cl)nc3ccccc3c2s1. The van der Waals surface area contributed by atoms with Crippen molar-refractivity contribution in [3.63, 3.8) is 0 Å². The summed E-state index contributed by atoms with van der Waals surface area (Å²) in [6, 6.07) is 9.88. The fourth-order valence-corrected chi connectivity index (χ4v) is 5.02. The lowest BCUT2D eigenvalue weighted by atomic mass is 10.1. The second-order valence-electron chi connectivity index (χ2n) is 6.70. The van der Waals surface area contributed by atoms with E-state index >= 15 is 0 Å². The van der Waals surface area contributed by atoms with E-state index in [0.717, 1.165) is 45.3 Å². The molecule has 0 radical (unpaired) electrons. The van der Waals surface area contributed by atoms with Crippen LogP contribution >= 0.6 is 22.9 Å². The number of thiophene rings is 1. The number of halogens is 1. The molecule has 0 N–H and O–H groups in total. The quantitative estimate of drug-likeness (QED) is 0.323. The summed E-state index contributed by atoms with van der Waals surface area (Å²) < 4.78 is 1.07. The molecule has 3 aromatic rings. The summed E-state index contributed by atoms with van der Waals surface area (Å²) >= 11 is 7.88. The molecule has 0 unspecified atom stereocenters. The number of nitrogens with zero attached hydrogens (tertiary/aromatic N) is 2. The van der Waals surface area contributed by atoms with Crippen molar-refractivity contribution in [2.45, 2.75) is 32.1 Å². The van der Waals surface area contributed by atoms with Gasteiger partial charge in [0.1, 0.15) is 5.15 Å². The maximum Gasteiger partial charge on any atom is 0.172 e.